The zero-order valence-electron chi connectivity index (χ0n) is 16.0. The molecule has 28 heavy (non-hydrogen) atoms. The first-order valence-corrected chi connectivity index (χ1v) is 11.4. The van der Waals surface area contributed by atoms with Crippen molar-refractivity contribution in [3.8, 4) is 5.75 Å². The fraction of sp³-hybridized carbons (Fsp3) is 0.300. The zero-order chi connectivity index (χ0) is 20.3. The number of ether oxygens (including phenoxy) is 1. The van der Waals surface area contributed by atoms with Gasteiger partial charge in [0.15, 0.2) is 14.6 Å². The molecule has 3 aromatic rings. The third kappa shape index (κ3) is 4.34. The molecular weight excluding hydrogens is 396 g/mol. The predicted octanol–water partition coefficient (Wildman–Crippen LogP) is 3.33. The molecule has 8 heteroatoms. The predicted molar refractivity (Wildman–Crippen MR) is 110 cm³/mol. The number of rotatable bonds is 6. The second kappa shape index (κ2) is 8.28. The summed E-state index contributed by atoms with van der Waals surface area (Å²) in [6.07, 6.45) is 0. The number of carbonyl (C=O) groups is 1. The van der Waals surface area contributed by atoms with Gasteiger partial charge in [-0.15, -0.1) is 0 Å². The fourth-order valence-electron chi connectivity index (χ4n) is 2.83. The summed E-state index contributed by atoms with van der Waals surface area (Å²) in [7, 11) is -3.73. The number of carbonyl (C=O) groups excluding carboxylic acids is 1. The Morgan fingerprint density at radius 3 is 2.50 bits per heavy atom. The number of sulfone groups is 1. The van der Waals surface area contributed by atoms with E-state index in [0.717, 1.165) is 21.5 Å². The Bertz CT molecular complexity index is 1170. The Labute approximate surface area is 168 Å². The van der Waals surface area contributed by atoms with Crippen LogP contribution in [0.4, 0.5) is 0 Å². The number of aryl methyl sites for hydroxylation is 2. The summed E-state index contributed by atoms with van der Waals surface area (Å²) in [6.45, 7) is 6.93. The van der Waals surface area contributed by atoms with E-state index < -0.39 is 21.5 Å². The van der Waals surface area contributed by atoms with Gasteiger partial charge >= 0.3 is 0 Å². The summed E-state index contributed by atoms with van der Waals surface area (Å²) in [5.74, 6) is -0.586. The van der Waals surface area contributed by atoms with Crippen LogP contribution in [0.25, 0.3) is 10.2 Å². The molecule has 0 N–H and O–H groups in total. The minimum absolute atomic E-state index is 0.128. The van der Waals surface area contributed by atoms with E-state index >= 15 is 0 Å². The van der Waals surface area contributed by atoms with Crippen LogP contribution in [-0.2, 0) is 21.2 Å². The molecule has 3 rings (SSSR count). The summed E-state index contributed by atoms with van der Waals surface area (Å²) in [6, 6.07) is 12.1. The third-order valence-electron chi connectivity index (χ3n) is 4.20. The minimum atomic E-state index is -3.73. The minimum Gasteiger partial charge on any atom is -0.494 e. The Kier molecular flexibility index (Phi) is 6.00. The zero-order valence-corrected chi connectivity index (χ0v) is 17.6. The van der Waals surface area contributed by atoms with Gasteiger partial charge in [0.05, 0.1) is 21.7 Å². The first-order valence-electron chi connectivity index (χ1n) is 8.97. The topological polar surface area (TPSA) is 77.7 Å². The van der Waals surface area contributed by atoms with Gasteiger partial charge < -0.3 is 9.30 Å². The van der Waals surface area contributed by atoms with E-state index in [1.54, 1.807) is 12.1 Å². The van der Waals surface area contributed by atoms with Crippen LogP contribution in [0.1, 0.15) is 19.4 Å². The summed E-state index contributed by atoms with van der Waals surface area (Å²) >= 11 is 1.34. The quantitative estimate of drug-likeness (QED) is 0.615. The molecule has 1 aromatic heterocycles. The average molecular weight is 419 g/mol. The lowest BCUT2D eigenvalue weighted by molar-refractivity contribution is -0.115. The van der Waals surface area contributed by atoms with Crippen LogP contribution in [0.5, 0.6) is 5.75 Å². The van der Waals surface area contributed by atoms with E-state index in [4.69, 9.17) is 4.74 Å². The van der Waals surface area contributed by atoms with E-state index in [0.29, 0.717) is 18.0 Å². The number of hydrogen-bond acceptors (Lipinski definition) is 5. The molecule has 0 atom stereocenters. The van der Waals surface area contributed by atoms with E-state index in [1.165, 1.54) is 23.5 Å². The number of thiazole rings is 1. The van der Waals surface area contributed by atoms with Crippen LogP contribution in [0.2, 0.25) is 0 Å². The summed E-state index contributed by atoms with van der Waals surface area (Å²) < 4.78 is 33.3. The first kappa shape index (κ1) is 20.3. The molecule has 0 radical (unpaired) electrons. The SMILES string of the molecule is CCOc1ccc2c(c1)sc(=NC(=O)CS(=O)(=O)c1ccc(C)cc1)n2CC. The Morgan fingerprint density at radius 1 is 1.14 bits per heavy atom. The maximum absolute atomic E-state index is 12.5. The van der Waals surface area contributed by atoms with Gasteiger partial charge in [0.25, 0.3) is 5.91 Å². The lowest BCUT2D eigenvalue weighted by atomic mass is 10.2. The summed E-state index contributed by atoms with van der Waals surface area (Å²) in [5.41, 5.74) is 1.89. The second-order valence-corrected chi connectivity index (χ2v) is 9.27. The van der Waals surface area contributed by atoms with Crippen LogP contribution in [-0.4, -0.2) is 31.3 Å². The number of fused-ring (bicyclic) bond motifs is 1. The highest BCUT2D eigenvalue weighted by Gasteiger charge is 2.19. The molecule has 0 saturated carbocycles. The number of benzene rings is 2. The first-order chi connectivity index (χ1) is 13.3. The van der Waals surface area contributed by atoms with Gasteiger partial charge in [-0.2, -0.15) is 4.99 Å². The molecule has 0 aliphatic rings. The molecule has 6 nitrogen and oxygen atoms in total. The van der Waals surface area contributed by atoms with Gasteiger partial charge in [-0.25, -0.2) is 8.42 Å². The van der Waals surface area contributed by atoms with Crippen molar-refractivity contribution in [1.82, 2.24) is 4.57 Å². The van der Waals surface area contributed by atoms with Gasteiger partial charge in [0, 0.05) is 6.54 Å². The molecule has 0 aliphatic carbocycles. The molecule has 0 aliphatic heterocycles. The molecule has 0 fully saturated rings. The molecule has 148 valence electrons. The van der Waals surface area contributed by atoms with E-state index in [1.807, 2.05) is 43.5 Å². The van der Waals surface area contributed by atoms with Crippen molar-refractivity contribution in [3.63, 3.8) is 0 Å². The van der Waals surface area contributed by atoms with E-state index in [2.05, 4.69) is 4.99 Å². The Balaban J connectivity index is 1.94. The molecule has 0 spiro atoms. The van der Waals surface area contributed by atoms with Crippen molar-refractivity contribution in [3.05, 3.63) is 52.8 Å². The largest absolute Gasteiger partial charge is 0.494 e. The van der Waals surface area contributed by atoms with E-state index in [9.17, 15) is 13.2 Å². The molecule has 2 aromatic carbocycles. The highest BCUT2D eigenvalue weighted by atomic mass is 32.2. The van der Waals surface area contributed by atoms with Gasteiger partial charge in [0.1, 0.15) is 11.5 Å². The second-order valence-electron chi connectivity index (χ2n) is 6.27. The van der Waals surface area contributed by atoms with Crippen molar-refractivity contribution >= 4 is 37.3 Å². The molecule has 0 bridgehead atoms. The van der Waals surface area contributed by atoms with Crippen LogP contribution in [0.3, 0.4) is 0 Å². The van der Waals surface area contributed by atoms with Crippen LogP contribution >= 0.6 is 11.3 Å². The van der Waals surface area contributed by atoms with Crippen molar-refractivity contribution in [2.45, 2.75) is 32.2 Å². The summed E-state index contributed by atoms with van der Waals surface area (Å²) in [4.78, 5) is 17.1. The average Bonchev–Trinajstić information content (AvgIpc) is 2.97. The standard InChI is InChI=1S/C20H22N2O4S2/c1-4-22-17-11-8-15(26-5-2)12-18(17)27-20(22)21-19(23)13-28(24,25)16-9-6-14(3)7-10-16/h6-12H,4-5,13H2,1-3H3. The molecule has 1 amide bonds. The third-order valence-corrected chi connectivity index (χ3v) is 6.85. The van der Waals surface area contributed by atoms with Crippen LogP contribution in [0, 0.1) is 6.92 Å². The highest BCUT2D eigenvalue weighted by molar-refractivity contribution is 7.92. The number of hydrogen-bond donors (Lipinski definition) is 0. The van der Waals surface area contributed by atoms with Crippen molar-refractivity contribution in [2.75, 3.05) is 12.4 Å². The Hall–Kier alpha value is -2.45. The Morgan fingerprint density at radius 2 is 1.86 bits per heavy atom. The number of nitrogens with zero attached hydrogens (tertiary/aromatic N) is 2. The molecule has 0 saturated heterocycles. The van der Waals surface area contributed by atoms with Crippen molar-refractivity contribution in [1.29, 1.82) is 0 Å². The normalized spacial score (nSPS) is 12.5. The number of amides is 1. The van der Waals surface area contributed by atoms with Crippen molar-refractivity contribution < 1.29 is 17.9 Å². The summed E-state index contributed by atoms with van der Waals surface area (Å²) in [5, 5.41) is 0. The molecular formula is C20H22N2O4S2. The molecule has 1 heterocycles. The van der Waals surface area contributed by atoms with Gasteiger partial charge in [-0.05, 0) is 51.1 Å². The highest BCUT2D eigenvalue weighted by Crippen LogP contribution is 2.23. The maximum Gasteiger partial charge on any atom is 0.263 e. The molecule has 0 unspecified atom stereocenters. The van der Waals surface area contributed by atoms with Gasteiger partial charge in [-0.3, -0.25) is 4.79 Å². The van der Waals surface area contributed by atoms with Crippen LogP contribution in [0.15, 0.2) is 52.4 Å². The smallest absolute Gasteiger partial charge is 0.263 e. The number of aromatic nitrogens is 1. The van der Waals surface area contributed by atoms with E-state index in [-0.39, 0.29) is 4.90 Å². The lowest BCUT2D eigenvalue weighted by Crippen LogP contribution is -2.20. The maximum atomic E-state index is 12.5. The van der Waals surface area contributed by atoms with Gasteiger partial charge in [0.2, 0.25) is 0 Å². The van der Waals surface area contributed by atoms with Crippen molar-refractivity contribution in [2.24, 2.45) is 4.99 Å². The lowest BCUT2D eigenvalue weighted by Gasteiger charge is -2.04. The fourth-order valence-corrected chi connectivity index (χ4v) is 5.08. The van der Waals surface area contributed by atoms with Gasteiger partial charge in [-0.1, -0.05) is 29.0 Å². The monoisotopic (exact) mass is 418 g/mol. The van der Waals surface area contributed by atoms with Crippen LogP contribution < -0.4 is 9.54 Å².